The molecule has 0 atom stereocenters. The number of hydrogen-bond acceptors (Lipinski definition) is 4. The zero-order valence-corrected chi connectivity index (χ0v) is 16.6. The smallest absolute Gasteiger partial charge is 0.258 e. The number of fused-ring (bicyclic) bond motifs is 1. The third-order valence-electron chi connectivity index (χ3n) is 4.23. The van der Waals surface area contributed by atoms with E-state index in [0.717, 1.165) is 0 Å². The van der Waals surface area contributed by atoms with E-state index in [1.165, 1.54) is 0 Å². The molecular formula is C20H28N4O3. The van der Waals surface area contributed by atoms with Gasteiger partial charge in [-0.2, -0.15) is 0 Å². The summed E-state index contributed by atoms with van der Waals surface area (Å²) in [6, 6.07) is 7.04. The predicted octanol–water partition coefficient (Wildman–Crippen LogP) is 2.21. The first kappa shape index (κ1) is 20.6. The fraction of sp³-hybridized carbons (Fsp3) is 0.500. The minimum atomic E-state index is -0.491. The molecule has 0 bridgehead atoms. The van der Waals surface area contributed by atoms with Gasteiger partial charge in [0.2, 0.25) is 11.8 Å². The molecule has 0 aliphatic heterocycles. The van der Waals surface area contributed by atoms with Gasteiger partial charge in [-0.05, 0) is 26.0 Å². The SMILES string of the molecule is CC(C)N(Cc1nc2ccccc2c(=O)[nH]1)C(=O)CCNC(=O)C(C)(C)C. The number of H-pyrrole nitrogens is 1. The summed E-state index contributed by atoms with van der Waals surface area (Å²) >= 11 is 0. The molecule has 0 fully saturated rings. The first-order valence-corrected chi connectivity index (χ1v) is 9.15. The van der Waals surface area contributed by atoms with Crippen LogP contribution in [0.1, 0.15) is 46.9 Å². The van der Waals surface area contributed by atoms with Crippen LogP contribution in [0, 0.1) is 5.41 Å². The standard InChI is InChI=1S/C20H28N4O3/c1-13(2)24(17(25)10-11-21-19(27)20(3,4)5)12-16-22-15-9-7-6-8-14(15)18(26)23-16/h6-9,13H,10-12H2,1-5H3,(H,21,27)(H,22,23,26). The molecule has 0 spiro atoms. The van der Waals surface area contributed by atoms with Gasteiger partial charge in [0.05, 0.1) is 17.4 Å². The Morgan fingerprint density at radius 3 is 2.52 bits per heavy atom. The number of rotatable bonds is 6. The molecular weight excluding hydrogens is 344 g/mol. The maximum Gasteiger partial charge on any atom is 0.258 e. The zero-order valence-electron chi connectivity index (χ0n) is 16.6. The first-order chi connectivity index (χ1) is 12.6. The minimum Gasteiger partial charge on any atom is -0.355 e. The van der Waals surface area contributed by atoms with Crippen LogP contribution >= 0.6 is 0 Å². The van der Waals surface area contributed by atoms with Crippen molar-refractivity contribution in [1.29, 1.82) is 0 Å². The lowest BCUT2D eigenvalue weighted by Gasteiger charge is -2.27. The maximum atomic E-state index is 12.6. The van der Waals surface area contributed by atoms with E-state index in [-0.39, 0.29) is 42.9 Å². The van der Waals surface area contributed by atoms with E-state index >= 15 is 0 Å². The van der Waals surface area contributed by atoms with Gasteiger partial charge in [-0.25, -0.2) is 4.98 Å². The number of benzene rings is 1. The molecule has 1 aromatic carbocycles. The average Bonchev–Trinajstić information content (AvgIpc) is 2.58. The summed E-state index contributed by atoms with van der Waals surface area (Å²) in [6.07, 6.45) is 0.192. The molecule has 1 aromatic heterocycles. The second kappa shape index (κ2) is 8.33. The van der Waals surface area contributed by atoms with Crippen molar-refractivity contribution >= 4 is 22.7 Å². The summed E-state index contributed by atoms with van der Waals surface area (Å²) in [7, 11) is 0. The molecule has 2 aromatic rings. The highest BCUT2D eigenvalue weighted by molar-refractivity contribution is 5.82. The number of carbonyl (C=O) groups is 2. The maximum absolute atomic E-state index is 12.6. The van der Waals surface area contributed by atoms with Crippen LogP contribution in [-0.2, 0) is 16.1 Å². The van der Waals surface area contributed by atoms with Crippen molar-refractivity contribution in [2.24, 2.45) is 5.41 Å². The number of nitrogens with zero attached hydrogens (tertiary/aromatic N) is 2. The van der Waals surface area contributed by atoms with Crippen molar-refractivity contribution in [2.75, 3.05) is 6.54 Å². The lowest BCUT2D eigenvalue weighted by atomic mass is 9.96. The van der Waals surface area contributed by atoms with Crippen LogP contribution in [0.25, 0.3) is 10.9 Å². The van der Waals surface area contributed by atoms with Gasteiger partial charge in [-0.15, -0.1) is 0 Å². The Balaban J connectivity index is 2.08. The number of hydrogen-bond donors (Lipinski definition) is 2. The van der Waals surface area contributed by atoms with Gasteiger partial charge in [0, 0.05) is 24.4 Å². The minimum absolute atomic E-state index is 0.0624. The lowest BCUT2D eigenvalue weighted by molar-refractivity contribution is -0.134. The summed E-state index contributed by atoms with van der Waals surface area (Å²) in [5, 5.41) is 3.31. The molecule has 2 rings (SSSR count). The molecule has 2 amide bonds. The Morgan fingerprint density at radius 2 is 1.89 bits per heavy atom. The number of nitrogens with one attached hydrogen (secondary N) is 2. The highest BCUT2D eigenvalue weighted by Crippen LogP contribution is 2.13. The molecule has 27 heavy (non-hydrogen) atoms. The van der Waals surface area contributed by atoms with Crippen molar-refractivity contribution in [3.8, 4) is 0 Å². The highest BCUT2D eigenvalue weighted by atomic mass is 16.2. The van der Waals surface area contributed by atoms with Crippen LogP contribution in [0.2, 0.25) is 0 Å². The van der Waals surface area contributed by atoms with E-state index in [2.05, 4.69) is 15.3 Å². The van der Waals surface area contributed by atoms with Crippen molar-refractivity contribution in [3.05, 3.63) is 40.4 Å². The van der Waals surface area contributed by atoms with Crippen LogP contribution in [0.4, 0.5) is 0 Å². The fourth-order valence-electron chi connectivity index (χ4n) is 2.62. The zero-order chi connectivity index (χ0) is 20.2. The van der Waals surface area contributed by atoms with E-state index in [1.807, 2.05) is 40.7 Å². The van der Waals surface area contributed by atoms with E-state index in [4.69, 9.17) is 0 Å². The van der Waals surface area contributed by atoms with E-state index in [0.29, 0.717) is 16.7 Å². The third kappa shape index (κ3) is 5.39. The quantitative estimate of drug-likeness (QED) is 0.813. The topological polar surface area (TPSA) is 95.2 Å². The van der Waals surface area contributed by atoms with Gasteiger partial charge in [-0.1, -0.05) is 32.9 Å². The molecule has 146 valence electrons. The van der Waals surface area contributed by atoms with Crippen LogP contribution < -0.4 is 10.9 Å². The average molecular weight is 372 g/mol. The molecule has 7 heteroatoms. The molecule has 0 aliphatic carbocycles. The van der Waals surface area contributed by atoms with E-state index in [1.54, 1.807) is 23.1 Å². The fourth-order valence-corrected chi connectivity index (χ4v) is 2.62. The molecule has 2 N–H and O–H groups in total. The van der Waals surface area contributed by atoms with Crippen molar-refractivity contribution in [3.63, 3.8) is 0 Å². The Bertz CT molecular complexity index is 881. The summed E-state index contributed by atoms with van der Waals surface area (Å²) in [6.45, 7) is 9.78. The summed E-state index contributed by atoms with van der Waals surface area (Å²) in [5.74, 6) is 0.251. The van der Waals surface area contributed by atoms with E-state index in [9.17, 15) is 14.4 Å². The molecule has 0 radical (unpaired) electrons. The van der Waals surface area contributed by atoms with E-state index < -0.39 is 5.41 Å². The van der Waals surface area contributed by atoms with Crippen molar-refractivity contribution < 1.29 is 9.59 Å². The Morgan fingerprint density at radius 1 is 1.22 bits per heavy atom. The number of aromatic amines is 1. The summed E-state index contributed by atoms with van der Waals surface area (Å²) < 4.78 is 0. The molecule has 7 nitrogen and oxygen atoms in total. The summed E-state index contributed by atoms with van der Waals surface area (Å²) in [5.41, 5.74) is -0.107. The molecule has 0 saturated heterocycles. The van der Waals surface area contributed by atoms with Crippen LogP contribution in [-0.4, -0.2) is 39.3 Å². The van der Waals surface area contributed by atoms with Crippen molar-refractivity contribution in [2.45, 2.75) is 53.6 Å². The molecule has 0 aliphatic rings. The van der Waals surface area contributed by atoms with Gasteiger partial charge in [0.1, 0.15) is 5.82 Å². The lowest BCUT2D eigenvalue weighted by Crippen LogP contribution is -2.41. The van der Waals surface area contributed by atoms with Gasteiger partial charge < -0.3 is 15.2 Å². The van der Waals surface area contributed by atoms with Gasteiger partial charge >= 0.3 is 0 Å². The number of amides is 2. The predicted molar refractivity (Wildman–Crippen MR) is 105 cm³/mol. The normalized spacial score (nSPS) is 11.6. The second-order valence-electron chi connectivity index (χ2n) is 7.90. The van der Waals surface area contributed by atoms with Crippen LogP contribution in [0.15, 0.2) is 29.1 Å². The van der Waals surface area contributed by atoms with Crippen LogP contribution in [0.3, 0.4) is 0 Å². The molecule has 0 saturated carbocycles. The highest BCUT2D eigenvalue weighted by Gasteiger charge is 2.22. The number of para-hydroxylation sites is 1. The number of carbonyl (C=O) groups excluding carboxylic acids is 2. The van der Waals surface area contributed by atoms with Gasteiger partial charge in [0.25, 0.3) is 5.56 Å². The first-order valence-electron chi connectivity index (χ1n) is 9.15. The Hall–Kier alpha value is -2.70. The third-order valence-corrected chi connectivity index (χ3v) is 4.23. The van der Waals surface area contributed by atoms with Crippen LogP contribution in [0.5, 0.6) is 0 Å². The second-order valence-corrected chi connectivity index (χ2v) is 7.90. The monoisotopic (exact) mass is 372 g/mol. The Labute approximate surface area is 159 Å². The summed E-state index contributed by atoms with van der Waals surface area (Å²) in [4.78, 5) is 45.6. The Kier molecular flexibility index (Phi) is 6.36. The van der Waals surface area contributed by atoms with Gasteiger partial charge in [-0.3, -0.25) is 14.4 Å². The number of aromatic nitrogens is 2. The molecule has 0 unspecified atom stereocenters. The molecule has 1 heterocycles. The van der Waals surface area contributed by atoms with Crippen molar-refractivity contribution in [1.82, 2.24) is 20.2 Å². The largest absolute Gasteiger partial charge is 0.355 e. The van der Waals surface area contributed by atoms with Gasteiger partial charge in [0.15, 0.2) is 0 Å².